The second kappa shape index (κ2) is 6.55. The first-order valence-electron chi connectivity index (χ1n) is 7.18. The highest BCUT2D eigenvalue weighted by molar-refractivity contribution is 7.80. The molecule has 0 fully saturated rings. The standard InChI is InChI=1S/C19H14N2OS/c1-22-15-9-7-13(8-10-15)16-11-18(14-5-3-2-4-6-14)21-19(23)17(16)12-20/h2-10H,11H2,1H3. The monoisotopic (exact) mass is 318 g/mol. The van der Waals surface area contributed by atoms with Crippen LogP contribution >= 0.6 is 12.2 Å². The average molecular weight is 318 g/mol. The number of nitriles is 1. The summed E-state index contributed by atoms with van der Waals surface area (Å²) in [6.45, 7) is 0. The molecule has 0 amide bonds. The fraction of sp³-hybridized carbons (Fsp3) is 0.105. The summed E-state index contributed by atoms with van der Waals surface area (Å²) in [5.41, 5.74) is 4.27. The number of aliphatic imine (C=N–C) groups is 1. The number of rotatable bonds is 3. The number of hydrogen-bond donors (Lipinski definition) is 0. The maximum absolute atomic E-state index is 9.46. The van der Waals surface area contributed by atoms with E-state index in [0.717, 1.165) is 28.2 Å². The summed E-state index contributed by atoms with van der Waals surface area (Å²) >= 11 is 5.34. The molecule has 0 N–H and O–H groups in total. The Balaban J connectivity index is 2.03. The van der Waals surface area contributed by atoms with Crippen LogP contribution in [-0.2, 0) is 0 Å². The fourth-order valence-corrected chi connectivity index (χ4v) is 2.83. The number of nitrogens with zero attached hydrogens (tertiary/aromatic N) is 2. The fourth-order valence-electron chi connectivity index (χ4n) is 2.55. The van der Waals surface area contributed by atoms with Gasteiger partial charge in [-0.1, -0.05) is 54.7 Å². The molecule has 23 heavy (non-hydrogen) atoms. The van der Waals surface area contributed by atoms with Gasteiger partial charge in [0.05, 0.1) is 18.4 Å². The molecular formula is C19H14N2OS. The molecule has 2 aromatic carbocycles. The van der Waals surface area contributed by atoms with Gasteiger partial charge >= 0.3 is 0 Å². The lowest BCUT2D eigenvalue weighted by molar-refractivity contribution is 0.415. The molecule has 0 radical (unpaired) electrons. The summed E-state index contributed by atoms with van der Waals surface area (Å²) in [5.74, 6) is 0.781. The Kier molecular flexibility index (Phi) is 4.31. The molecule has 3 nitrogen and oxygen atoms in total. The molecular weight excluding hydrogens is 304 g/mol. The van der Waals surface area contributed by atoms with Gasteiger partial charge in [-0.05, 0) is 28.8 Å². The molecule has 1 aliphatic rings. The molecule has 1 aliphatic heterocycles. The van der Waals surface area contributed by atoms with E-state index in [-0.39, 0.29) is 0 Å². The van der Waals surface area contributed by atoms with Crippen molar-refractivity contribution >= 4 is 28.5 Å². The Morgan fingerprint density at radius 1 is 1.04 bits per heavy atom. The van der Waals surface area contributed by atoms with Crippen molar-refractivity contribution in [2.24, 2.45) is 4.99 Å². The number of benzene rings is 2. The third-order valence-electron chi connectivity index (χ3n) is 3.75. The van der Waals surface area contributed by atoms with Gasteiger partial charge in [0, 0.05) is 6.42 Å². The molecule has 0 saturated heterocycles. The molecule has 0 bridgehead atoms. The van der Waals surface area contributed by atoms with Gasteiger partial charge in [-0.2, -0.15) is 5.26 Å². The summed E-state index contributed by atoms with van der Waals surface area (Å²) in [6.07, 6.45) is 0.583. The number of hydrogen-bond acceptors (Lipinski definition) is 3. The van der Waals surface area contributed by atoms with Gasteiger partial charge in [0.25, 0.3) is 0 Å². The van der Waals surface area contributed by atoms with Gasteiger partial charge in [-0.3, -0.25) is 0 Å². The zero-order chi connectivity index (χ0) is 16.2. The maximum Gasteiger partial charge on any atom is 0.144 e. The summed E-state index contributed by atoms with van der Waals surface area (Å²) in [6, 6.07) is 19.8. The van der Waals surface area contributed by atoms with Gasteiger partial charge in [0.1, 0.15) is 16.8 Å². The number of allylic oxidation sites excluding steroid dienone is 1. The van der Waals surface area contributed by atoms with Crippen molar-refractivity contribution in [3.63, 3.8) is 0 Å². The Morgan fingerprint density at radius 3 is 2.35 bits per heavy atom. The lowest BCUT2D eigenvalue weighted by Crippen LogP contribution is -2.14. The van der Waals surface area contributed by atoms with Gasteiger partial charge in [0.15, 0.2) is 0 Å². The Hall–Kier alpha value is -2.77. The highest BCUT2D eigenvalue weighted by Crippen LogP contribution is 2.30. The van der Waals surface area contributed by atoms with Gasteiger partial charge < -0.3 is 4.74 Å². The third-order valence-corrected chi connectivity index (χ3v) is 4.05. The molecule has 112 valence electrons. The van der Waals surface area contributed by atoms with Crippen LogP contribution in [0.1, 0.15) is 17.5 Å². The number of ether oxygens (including phenoxy) is 1. The number of thiocarbonyl (C=S) groups is 1. The van der Waals surface area contributed by atoms with Crippen LogP contribution in [0.2, 0.25) is 0 Å². The van der Waals surface area contributed by atoms with Crippen LogP contribution in [0.5, 0.6) is 5.75 Å². The number of dihydropyridines is 1. The first-order valence-corrected chi connectivity index (χ1v) is 7.58. The van der Waals surface area contributed by atoms with E-state index in [2.05, 4.69) is 11.1 Å². The minimum atomic E-state index is 0.350. The molecule has 0 unspecified atom stereocenters. The molecule has 0 aliphatic carbocycles. The van der Waals surface area contributed by atoms with Crippen LogP contribution in [0, 0.1) is 11.3 Å². The molecule has 0 atom stereocenters. The highest BCUT2D eigenvalue weighted by Gasteiger charge is 2.22. The third kappa shape index (κ3) is 3.05. The molecule has 2 aromatic rings. The maximum atomic E-state index is 9.46. The molecule has 0 spiro atoms. The van der Waals surface area contributed by atoms with Crippen LogP contribution in [0.15, 0.2) is 65.2 Å². The van der Waals surface area contributed by atoms with Gasteiger partial charge in [-0.15, -0.1) is 0 Å². The first-order chi connectivity index (χ1) is 11.2. The van der Waals surface area contributed by atoms with Crippen LogP contribution in [0.3, 0.4) is 0 Å². The van der Waals surface area contributed by atoms with E-state index in [0.29, 0.717) is 17.0 Å². The Labute approximate surface area is 140 Å². The summed E-state index contributed by atoms with van der Waals surface area (Å²) in [7, 11) is 1.63. The lowest BCUT2D eigenvalue weighted by atomic mass is 9.90. The zero-order valence-electron chi connectivity index (χ0n) is 12.6. The minimum absolute atomic E-state index is 0.350. The second-order valence-electron chi connectivity index (χ2n) is 5.10. The second-order valence-corrected chi connectivity index (χ2v) is 5.49. The quantitative estimate of drug-likeness (QED) is 0.797. The summed E-state index contributed by atoms with van der Waals surface area (Å²) in [5, 5.41) is 9.46. The topological polar surface area (TPSA) is 45.4 Å². The van der Waals surface area contributed by atoms with Crippen molar-refractivity contribution in [2.45, 2.75) is 6.42 Å². The van der Waals surface area contributed by atoms with E-state index < -0.39 is 0 Å². The van der Waals surface area contributed by atoms with E-state index in [1.165, 1.54) is 0 Å². The predicted octanol–water partition coefficient (Wildman–Crippen LogP) is 4.19. The molecule has 3 rings (SSSR count). The first kappa shape index (κ1) is 15.1. The van der Waals surface area contributed by atoms with Crippen molar-refractivity contribution in [1.82, 2.24) is 0 Å². The van der Waals surface area contributed by atoms with Crippen molar-refractivity contribution < 1.29 is 4.74 Å². The van der Waals surface area contributed by atoms with Crippen molar-refractivity contribution in [1.29, 1.82) is 5.26 Å². The SMILES string of the molecule is COc1ccc(C2=C(C#N)C(=S)N=C(c3ccccc3)C2)cc1. The van der Waals surface area contributed by atoms with Crippen LogP contribution in [-0.4, -0.2) is 17.8 Å². The van der Waals surface area contributed by atoms with Gasteiger partial charge in [0.2, 0.25) is 0 Å². The molecule has 4 heteroatoms. The van der Waals surface area contributed by atoms with E-state index in [9.17, 15) is 5.26 Å². The van der Waals surface area contributed by atoms with E-state index in [1.807, 2.05) is 54.6 Å². The minimum Gasteiger partial charge on any atom is -0.497 e. The predicted molar refractivity (Wildman–Crippen MR) is 95.7 cm³/mol. The van der Waals surface area contributed by atoms with E-state index in [1.54, 1.807) is 7.11 Å². The molecule has 1 heterocycles. The normalized spacial score (nSPS) is 14.3. The van der Waals surface area contributed by atoms with Crippen LogP contribution < -0.4 is 4.74 Å². The Bertz CT molecular complexity index is 843. The van der Waals surface area contributed by atoms with Crippen molar-refractivity contribution in [3.05, 3.63) is 71.3 Å². The Morgan fingerprint density at radius 2 is 1.74 bits per heavy atom. The zero-order valence-corrected chi connectivity index (χ0v) is 13.4. The average Bonchev–Trinajstić information content (AvgIpc) is 2.62. The summed E-state index contributed by atoms with van der Waals surface area (Å²) < 4.78 is 5.19. The number of methoxy groups -OCH3 is 1. The smallest absolute Gasteiger partial charge is 0.144 e. The van der Waals surface area contributed by atoms with Crippen molar-refractivity contribution in [2.75, 3.05) is 7.11 Å². The van der Waals surface area contributed by atoms with E-state index >= 15 is 0 Å². The molecule has 0 saturated carbocycles. The largest absolute Gasteiger partial charge is 0.497 e. The molecule has 0 aromatic heterocycles. The summed E-state index contributed by atoms with van der Waals surface area (Å²) in [4.78, 5) is 4.81. The van der Waals surface area contributed by atoms with Gasteiger partial charge in [-0.25, -0.2) is 4.99 Å². The van der Waals surface area contributed by atoms with Crippen LogP contribution in [0.4, 0.5) is 0 Å². The highest BCUT2D eigenvalue weighted by atomic mass is 32.1. The van der Waals surface area contributed by atoms with Crippen LogP contribution in [0.25, 0.3) is 5.57 Å². The van der Waals surface area contributed by atoms with Crippen molar-refractivity contribution in [3.8, 4) is 11.8 Å². The van der Waals surface area contributed by atoms with E-state index in [4.69, 9.17) is 17.0 Å². The lowest BCUT2D eigenvalue weighted by Gasteiger charge is -2.18.